The van der Waals surface area contributed by atoms with E-state index in [0.29, 0.717) is 40.1 Å². The van der Waals surface area contributed by atoms with Crippen LogP contribution in [0.2, 0.25) is 0 Å². The van der Waals surface area contributed by atoms with E-state index in [-0.39, 0.29) is 43.6 Å². The predicted octanol–water partition coefficient (Wildman–Crippen LogP) is 7.27. The minimum atomic E-state index is -1.37. The van der Waals surface area contributed by atoms with E-state index in [1.54, 1.807) is 33.8 Å². The highest BCUT2D eigenvalue weighted by atomic mass is 79.9. The fraction of sp³-hybridized carbons (Fsp3) is 0.436. The molecule has 2 atom stereocenters. The average molecular weight is 764 g/mol. The molecule has 0 aromatic heterocycles. The first-order valence-corrected chi connectivity index (χ1v) is 18.1. The number of hydrogen-bond acceptors (Lipinski definition) is 7. The van der Waals surface area contributed by atoms with Crippen molar-refractivity contribution in [3.05, 3.63) is 94.0 Å². The van der Waals surface area contributed by atoms with Crippen molar-refractivity contribution in [3.8, 4) is 5.75 Å². The maximum Gasteiger partial charge on any atom is 0.410 e. The van der Waals surface area contributed by atoms with E-state index in [1.165, 1.54) is 0 Å². The van der Waals surface area contributed by atoms with E-state index in [1.807, 2.05) is 95.3 Å². The first kappa shape index (κ1) is 37.7. The van der Waals surface area contributed by atoms with Crippen molar-refractivity contribution in [1.29, 1.82) is 0 Å². The maximum atomic E-state index is 14.5. The molecular formula is C39H47BrN4O7. The van der Waals surface area contributed by atoms with Crippen LogP contribution in [0.4, 0.5) is 15.3 Å². The van der Waals surface area contributed by atoms with Gasteiger partial charge >= 0.3 is 12.2 Å². The number of nitrogens with one attached hydrogen (secondary N) is 1. The van der Waals surface area contributed by atoms with Crippen molar-refractivity contribution >= 4 is 45.6 Å². The van der Waals surface area contributed by atoms with Gasteiger partial charge in [0.05, 0.1) is 17.3 Å². The van der Waals surface area contributed by atoms with Crippen LogP contribution in [0, 0.1) is 0 Å². The van der Waals surface area contributed by atoms with Crippen LogP contribution in [0.15, 0.2) is 77.3 Å². The van der Waals surface area contributed by atoms with Crippen LogP contribution in [0.1, 0.15) is 75.9 Å². The Morgan fingerprint density at radius 3 is 2.37 bits per heavy atom. The summed E-state index contributed by atoms with van der Waals surface area (Å²) >= 11 is 3.63. The molecule has 0 bridgehead atoms. The highest BCUT2D eigenvalue weighted by molar-refractivity contribution is 9.10. The number of halogens is 1. The molecule has 0 unspecified atom stereocenters. The predicted molar refractivity (Wildman–Crippen MR) is 198 cm³/mol. The van der Waals surface area contributed by atoms with Gasteiger partial charge in [0, 0.05) is 42.3 Å². The van der Waals surface area contributed by atoms with Crippen molar-refractivity contribution in [2.45, 2.75) is 84.3 Å². The van der Waals surface area contributed by atoms with Gasteiger partial charge in [-0.05, 0) is 88.0 Å². The maximum absolute atomic E-state index is 14.5. The lowest BCUT2D eigenvalue weighted by Gasteiger charge is -2.43. The fourth-order valence-electron chi connectivity index (χ4n) is 6.47. The normalized spacial score (nSPS) is 18.8. The number of anilines is 1. The molecule has 3 aromatic rings. The molecule has 2 aliphatic heterocycles. The highest BCUT2D eigenvalue weighted by Crippen LogP contribution is 2.45. The zero-order valence-corrected chi connectivity index (χ0v) is 31.7. The number of ether oxygens (including phenoxy) is 3. The Bertz CT molecular complexity index is 1730. The molecule has 1 saturated heterocycles. The lowest BCUT2D eigenvalue weighted by Crippen LogP contribution is -2.55. The quantitative estimate of drug-likeness (QED) is 0.244. The number of carbonyl (C=O) groups is 4. The molecule has 1 N–H and O–H groups in total. The average Bonchev–Trinajstić information content (AvgIpc) is 3.09. The van der Waals surface area contributed by atoms with Crippen LogP contribution in [-0.4, -0.2) is 77.7 Å². The summed E-state index contributed by atoms with van der Waals surface area (Å²) in [5, 5.41) is 2.75. The zero-order chi connectivity index (χ0) is 36.9. The van der Waals surface area contributed by atoms with Crippen molar-refractivity contribution in [3.63, 3.8) is 0 Å². The van der Waals surface area contributed by atoms with E-state index >= 15 is 0 Å². The second-order valence-corrected chi connectivity index (χ2v) is 15.1. The first-order valence-electron chi connectivity index (χ1n) is 17.3. The Kier molecular flexibility index (Phi) is 11.6. The molecule has 5 rings (SSSR count). The van der Waals surface area contributed by atoms with Crippen molar-refractivity contribution < 1.29 is 33.4 Å². The third-order valence-corrected chi connectivity index (χ3v) is 9.57. The van der Waals surface area contributed by atoms with Crippen LogP contribution in [0.5, 0.6) is 5.75 Å². The van der Waals surface area contributed by atoms with Gasteiger partial charge in [0.25, 0.3) is 11.8 Å². The van der Waals surface area contributed by atoms with E-state index in [0.717, 1.165) is 18.4 Å². The lowest BCUT2D eigenvalue weighted by molar-refractivity contribution is -0.135. The second-order valence-electron chi connectivity index (χ2n) is 14.3. The molecule has 12 heteroatoms. The number of amides is 4. The van der Waals surface area contributed by atoms with Gasteiger partial charge in [-0.25, -0.2) is 9.59 Å². The molecule has 51 heavy (non-hydrogen) atoms. The fourth-order valence-corrected chi connectivity index (χ4v) is 6.96. The molecule has 11 nitrogen and oxygen atoms in total. The number of hydrogen-bond donors (Lipinski definition) is 1. The van der Waals surface area contributed by atoms with Gasteiger partial charge in [0.2, 0.25) is 5.60 Å². The van der Waals surface area contributed by atoms with Gasteiger partial charge in [0.1, 0.15) is 18.0 Å². The summed E-state index contributed by atoms with van der Waals surface area (Å²) in [6.07, 6.45) is 0.434. The second kappa shape index (κ2) is 15.8. The molecule has 0 aliphatic carbocycles. The molecule has 4 amide bonds. The van der Waals surface area contributed by atoms with Crippen LogP contribution >= 0.6 is 15.9 Å². The summed E-state index contributed by atoms with van der Waals surface area (Å²) in [4.78, 5) is 59.4. The molecule has 0 saturated carbocycles. The van der Waals surface area contributed by atoms with E-state index < -0.39 is 23.4 Å². The lowest BCUT2D eigenvalue weighted by atomic mass is 9.91. The first-order chi connectivity index (χ1) is 24.2. The van der Waals surface area contributed by atoms with E-state index in [9.17, 15) is 19.2 Å². The van der Waals surface area contributed by atoms with E-state index in [4.69, 9.17) is 14.2 Å². The summed E-state index contributed by atoms with van der Waals surface area (Å²) < 4.78 is 18.0. The number of likely N-dealkylation sites (tertiary alicyclic amines) is 1. The summed E-state index contributed by atoms with van der Waals surface area (Å²) in [5.74, 6) is -0.189. The standard InChI is InChI=1S/C39H47BrN4O7/c1-26(2)44(29-18-13-20-42(24-29)37(48)51-38(3,4)5)34(45)30-22-32-33(23-31(30)40)50-39(6,28-16-11-8-12-17-28)35(46)43(32)21-19-41-36(47)49-25-27-14-9-7-10-15-27/h7-12,14-17,22-23,26,29H,13,18-21,24-25H2,1-6H3,(H,41,47)/t29-,39+/m1/s1. The van der Waals surface area contributed by atoms with Crippen molar-refractivity contribution in [2.24, 2.45) is 0 Å². The third kappa shape index (κ3) is 8.84. The monoisotopic (exact) mass is 762 g/mol. The van der Waals surface area contributed by atoms with Crippen molar-refractivity contribution in [1.82, 2.24) is 15.1 Å². The molecular weight excluding hydrogens is 716 g/mol. The van der Waals surface area contributed by atoms with Gasteiger partial charge in [-0.1, -0.05) is 60.7 Å². The Balaban J connectivity index is 1.41. The molecule has 3 aromatic carbocycles. The highest BCUT2D eigenvalue weighted by Gasteiger charge is 2.47. The minimum Gasteiger partial charge on any atom is -0.471 e. The van der Waals surface area contributed by atoms with Crippen LogP contribution in [-0.2, 0) is 26.5 Å². The third-order valence-electron chi connectivity index (χ3n) is 8.91. The minimum absolute atomic E-state index is 0.0870. The number of piperidine rings is 1. The molecule has 1 fully saturated rings. The number of alkyl carbamates (subject to hydrolysis) is 1. The Labute approximate surface area is 308 Å². The van der Waals surface area contributed by atoms with Gasteiger partial charge in [-0.3, -0.25) is 9.59 Å². The summed E-state index contributed by atoms with van der Waals surface area (Å²) in [7, 11) is 0. The number of rotatable bonds is 9. The van der Waals surface area contributed by atoms with Gasteiger partial charge in [-0.15, -0.1) is 0 Å². The van der Waals surface area contributed by atoms with Gasteiger partial charge in [0.15, 0.2) is 0 Å². The summed E-state index contributed by atoms with van der Waals surface area (Å²) in [6.45, 7) is 12.3. The molecule has 0 spiro atoms. The van der Waals surface area contributed by atoms with Crippen LogP contribution in [0.25, 0.3) is 0 Å². The molecule has 0 radical (unpaired) electrons. The summed E-state index contributed by atoms with van der Waals surface area (Å²) in [6, 6.07) is 21.5. The van der Waals surface area contributed by atoms with Gasteiger partial charge < -0.3 is 34.2 Å². The Morgan fingerprint density at radius 2 is 1.73 bits per heavy atom. The molecule has 2 heterocycles. The Morgan fingerprint density at radius 1 is 1.06 bits per heavy atom. The molecule has 272 valence electrons. The smallest absolute Gasteiger partial charge is 0.410 e. The SMILES string of the molecule is CC(C)N(C(=O)c1cc2c(cc1Br)O[C@@](C)(c1ccccc1)C(=O)N2CCNC(=O)OCc1ccccc1)[C@@H]1CCCN(C(=O)OC(C)(C)C)C1. The largest absolute Gasteiger partial charge is 0.471 e. The number of nitrogens with zero attached hydrogens (tertiary/aromatic N) is 3. The Hall–Kier alpha value is -4.58. The van der Waals surface area contributed by atoms with Crippen molar-refractivity contribution in [2.75, 3.05) is 31.1 Å². The number of benzene rings is 3. The van der Waals surface area contributed by atoms with Gasteiger partial charge in [-0.2, -0.15) is 0 Å². The zero-order valence-electron chi connectivity index (χ0n) is 30.1. The number of fused-ring (bicyclic) bond motifs is 1. The van der Waals surface area contributed by atoms with Crippen LogP contribution < -0.4 is 15.0 Å². The summed E-state index contributed by atoms with van der Waals surface area (Å²) in [5.41, 5.74) is 0.261. The topological polar surface area (TPSA) is 118 Å². The van der Waals surface area contributed by atoms with Crippen LogP contribution in [0.3, 0.4) is 0 Å². The molecule has 2 aliphatic rings. The number of carbonyl (C=O) groups excluding carboxylic acids is 4. The van der Waals surface area contributed by atoms with E-state index in [2.05, 4.69) is 21.2 Å².